The number of hydrogen-bond acceptors (Lipinski definition) is 3. The van der Waals surface area contributed by atoms with Crippen molar-refractivity contribution >= 4 is 12.0 Å². The zero-order valence-electron chi connectivity index (χ0n) is 5.24. The van der Waals surface area contributed by atoms with E-state index in [0.29, 0.717) is 5.71 Å². The number of aldehydes is 1. The number of rotatable bonds is 1. The highest BCUT2D eigenvalue weighted by Gasteiger charge is 2.24. The third-order valence-electron chi connectivity index (χ3n) is 1.65. The molecule has 0 radical (unpaired) electrons. The zero-order chi connectivity index (χ0) is 6.97. The molecule has 0 spiro atoms. The lowest BCUT2D eigenvalue weighted by Crippen LogP contribution is -2.40. The number of carbonyl (C=O) groups excluding carboxylic acids is 1. The Hall–Kier alpha value is -1.38. The van der Waals surface area contributed by atoms with Crippen molar-refractivity contribution < 1.29 is 4.79 Å². The van der Waals surface area contributed by atoms with Gasteiger partial charge in [0.1, 0.15) is 5.71 Å². The number of nitrogens with one attached hydrogen (secondary N) is 1. The molecule has 3 nitrogen and oxygen atoms in total. The van der Waals surface area contributed by atoms with Gasteiger partial charge in [-0.15, -0.1) is 0 Å². The van der Waals surface area contributed by atoms with Crippen molar-refractivity contribution in [3.05, 3.63) is 24.0 Å². The predicted octanol–water partition coefficient (Wildman–Crippen LogP) is 0.00930. The lowest BCUT2D eigenvalue weighted by molar-refractivity contribution is -0.102. The summed E-state index contributed by atoms with van der Waals surface area (Å²) >= 11 is 0. The fourth-order valence-electron chi connectivity index (χ4n) is 1.04. The molecule has 0 saturated carbocycles. The first-order valence-corrected chi connectivity index (χ1v) is 3.08. The minimum atomic E-state index is 0.234. The number of carbonyl (C=O) groups is 1. The van der Waals surface area contributed by atoms with E-state index in [4.69, 9.17) is 0 Å². The second kappa shape index (κ2) is 1.80. The monoisotopic (exact) mass is 134 g/mol. The Labute approximate surface area is 58.1 Å². The van der Waals surface area contributed by atoms with Gasteiger partial charge in [-0.2, -0.15) is 0 Å². The largest absolute Gasteiger partial charge is 0.380 e. The summed E-state index contributed by atoms with van der Waals surface area (Å²) in [4.78, 5) is 14.2. The van der Waals surface area contributed by atoms with Gasteiger partial charge >= 0.3 is 0 Å². The minimum Gasteiger partial charge on any atom is -0.380 e. The Balaban J connectivity index is 2.39. The van der Waals surface area contributed by atoms with Gasteiger partial charge in [-0.05, 0) is 6.08 Å². The van der Waals surface area contributed by atoms with E-state index >= 15 is 0 Å². The maximum atomic E-state index is 10.3. The molecule has 1 unspecified atom stereocenters. The number of aliphatic imine (C=N–C) groups is 1. The first-order chi connectivity index (χ1) is 4.92. The van der Waals surface area contributed by atoms with Crippen molar-refractivity contribution in [2.75, 3.05) is 0 Å². The Morgan fingerprint density at radius 1 is 1.70 bits per heavy atom. The standard InChI is InChI=1S/C7H6N2O/c10-4-7-5-3-9-6(5)1-2-8-7/h1-4,6,9H. The maximum absolute atomic E-state index is 10.3. The molecular formula is C7H6N2O. The molecule has 2 aliphatic rings. The van der Waals surface area contributed by atoms with Crippen LogP contribution >= 0.6 is 0 Å². The molecule has 2 aliphatic heterocycles. The van der Waals surface area contributed by atoms with Crippen molar-refractivity contribution in [3.8, 4) is 0 Å². The molecule has 0 saturated heterocycles. The molecule has 0 aromatic carbocycles. The Kier molecular flexibility index (Phi) is 0.974. The molecule has 0 aromatic rings. The molecule has 0 aliphatic carbocycles. The normalized spacial score (nSPS) is 27.0. The van der Waals surface area contributed by atoms with Crippen molar-refractivity contribution in [1.82, 2.24) is 5.32 Å². The molecule has 0 bridgehead atoms. The average Bonchev–Trinajstić information content (AvgIpc) is 1.91. The van der Waals surface area contributed by atoms with Crippen LogP contribution in [0, 0.1) is 0 Å². The molecule has 1 atom stereocenters. The summed E-state index contributed by atoms with van der Waals surface area (Å²) in [6.07, 6.45) is 6.16. The number of fused-ring (bicyclic) bond motifs is 1. The molecule has 50 valence electrons. The van der Waals surface area contributed by atoms with Gasteiger partial charge in [0.05, 0.1) is 6.04 Å². The van der Waals surface area contributed by atoms with E-state index in [1.807, 2.05) is 6.08 Å². The first kappa shape index (κ1) is 5.41. The lowest BCUT2D eigenvalue weighted by Gasteiger charge is -2.27. The zero-order valence-corrected chi connectivity index (χ0v) is 5.24. The Bertz CT molecular complexity index is 263. The van der Waals surface area contributed by atoms with Crippen LogP contribution in [0.1, 0.15) is 0 Å². The molecule has 0 amide bonds. The summed E-state index contributed by atoms with van der Waals surface area (Å²) in [5.74, 6) is 0. The number of hydrogen-bond donors (Lipinski definition) is 1. The third kappa shape index (κ3) is 0.543. The van der Waals surface area contributed by atoms with Crippen LogP contribution in [0.3, 0.4) is 0 Å². The van der Waals surface area contributed by atoms with Crippen LogP contribution in [0.2, 0.25) is 0 Å². The minimum absolute atomic E-state index is 0.234. The predicted molar refractivity (Wildman–Crippen MR) is 37.6 cm³/mol. The van der Waals surface area contributed by atoms with Gasteiger partial charge in [-0.3, -0.25) is 9.79 Å². The molecule has 1 N–H and O–H groups in total. The van der Waals surface area contributed by atoms with E-state index in [9.17, 15) is 4.79 Å². The van der Waals surface area contributed by atoms with E-state index in [0.717, 1.165) is 11.9 Å². The third-order valence-corrected chi connectivity index (χ3v) is 1.65. The highest BCUT2D eigenvalue weighted by Crippen LogP contribution is 2.17. The van der Waals surface area contributed by atoms with Crippen molar-refractivity contribution in [2.24, 2.45) is 4.99 Å². The van der Waals surface area contributed by atoms with Crippen molar-refractivity contribution in [2.45, 2.75) is 6.04 Å². The highest BCUT2D eigenvalue weighted by molar-refractivity contribution is 6.37. The van der Waals surface area contributed by atoms with Crippen molar-refractivity contribution in [1.29, 1.82) is 0 Å². The maximum Gasteiger partial charge on any atom is 0.168 e. The number of nitrogens with zero attached hydrogens (tertiary/aromatic N) is 1. The molecule has 0 fully saturated rings. The van der Waals surface area contributed by atoms with Crippen LogP contribution in [-0.2, 0) is 4.79 Å². The Morgan fingerprint density at radius 3 is 3.10 bits per heavy atom. The fraction of sp³-hybridized carbons (Fsp3) is 0.143. The van der Waals surface area contributed by atoms with Gasteiger partial charge in [0.15, 0.2) is 6.29 Å². The molecule has 0 aromatic heterocycles. The van der Waals surface area contributed by atoms with Crippen LogP contribution in [0.4, 0.5) is 0 Å². The second-order valence-corrected chi connectivity index (χ2v) is 2.22. The van der Waals surface area contributed by atoms with Gasteiger partial charge in [0.25, 0.3) is 0 Å². The summed E-state index contributed by atoms with van der Waals surface area (Å²) < 4.78 is 0. The summed E-state index contributed by atoms with van der Waals surface area (Å²) in [5.41, 5.74) is 1.55. The van der Waals surface area contributed by atoms with E-state index in [1.54, 1.807) is 12.4 Å². The van der Waals surface area contributed by atoms with Gasteiger partial charge in [0.2, 0.25) is 0 Å². The first-order valence-electron chi connectivity index (χ1n) is 3.08. The van der Waals surface area contributed by atoms with Gasteiger partial charge < -0.3 is 5.32 Å². The van der Waals surface area contributed by atoms with Crippen LogP contribution in [0.5, 0.6) is 0 Å². The summed E-state index contributed by atoms with van der Waals surface area (Å²) in [7, 11) is 0. The average molecular weight is 134 g/mol. The highest BCUT2D eigenvalue weighted by atomic mass is 16.1. The SMILES string of the molecule is O=CC1=NC=CC2NC=C12. The van der Waals surface area contributed by atoms with Crippen molar-refractivity contribution in [3.63, 3.8) is 0 Å². The van der Waals surface area contributed by atoms with Crippen LogP contribution in [0.25, 0.3) is 0 Å². The quantitative estimate of drug-likeness (QED) is 0.513. The van der Waals surface area contributed by atoms with E-state index in [1.165, 1.54) is 0 Å². The summed E-state index contributed by atoms with van der Waals surface area (Å²) in [6, 6.07) is 0.234. The van der Waals surface area contributed by atoms with Gasteiger partial charge in [-0.1, -0.05) is 0 Å². The smallest absolute Gasteiger partial charge is 0.168 e. The molecule has 2 rings (SSSR count). The van der Waals surface area contributed by atoms with E-state index < -0.39 is 0 Å². The van der Waals surface area contributed by atoms with Crippen LogP contribution < -0.4 is 5.32 Å². The molecular weight excluding hydrogens is 128 g/mol. The van der Waals surface area contributed by atoms with Gasteiger partial charge in [-0.25, -0.2) is 0 Å². The van der Waals surface area contributed by atoms with Gasteiger partial charge in [0, 0.05) is 18.0 Å². The lowest BCUT2D eigenvalue weighted by atomic mass is 9.96. The Morgan fingerprint density at radius 2 is 2.60 bits per heavy atom. The van der Waals surface area contributed by atoms with Crippen LogP contribution in [-0.4, -0.2) is 18.0 Å². The van der Waals surface area contributed by atoms with E-state index in [-0.39, 0.29) is 6.04 Å². The second-order valence-electron chi connectivity index (χ2n) is 2.22. The van der Waals surface area contributed by atoms with E-state index in [2.05, 4.69) is 10.3 Å². The summed E-state index contributed by atoms with van der Waals surface area (Å²) in [5, 5.41) is 3.02. The van der Waals surface area contributed by atoms with Crippen LogP contribution in [0.15, 0.2) is 29.0 Å². The molecule has 10 heavy (non-hydrogen) atoms. The fourth-order valence-corrected chi connectivity index (χ4v) is 1.04. The molecule has 3 heteroatoms. The summed E-state index contributed by atoms with van der Waals surface area (Å²) in [6.45, 7) is 0. The topological polar surface area (TPSA) is 41.5 Å². The molecule has 2 heterocycles.